The molecule has 0 amide bonds. The van der Waals surface area contributed by atoms with Gasteiger partial charge in [0.25, 0.3) is 0 Å². The van der Waals surface area contributed by atoms with E-state index in [1.165, 1.54) is 0 Å². The third-order valence-electron chi connectivity index (χ3n) is 2.84. The van der Waals surface area contributed by atoms with Gasteiger partial charge in [0.15, 0.2) is 11.5 Å². The molecule has 0 fully saturated rings. The number of unbranched alkanes of at least 4 members (excludes halogenated alkanes) is 1. The second kappa shape index (κ2) is 6.93. The molecule has 1 aromatic rings. The van der Waals surface area contributed by atoms with Crippen LogP contribution in [-0.4, -0.2) is 19.8 Å². The fourth-order valence-electron chi connectivity index (χ4n) is 1.93. The highest BCUT2D eigenvalue weighted by molar-refractivity contribution is 5.46. The molecule has 0 aromatic heterocycles. The molecule has 2 rings (SSSR count). The van der Waals surface area contributed by atoms with E-state index < -0.39 is 0 Å². The molecule has 3 nitrogen and oxygen atoms in total. The summed E-state index contributed by atoms with van der Waals surface area (Å²) in [5.41, 5.74) is 1.15. The Morgan fingerprint density at radius 1 is 1.28 bits per heavy atom. The van der Waals surface area contributed by atoms with E-state index in [9.17, 15) is 0 Å². The second-order valence-electron chi connectivity index (χ2n) is 4.28. The lowest BCUT2D eigenvalue weighted by atomic mass is 10.2. The SMILES string of the molecule is C#CCCCNCc1cccc2c1OCCCO2. The smallest absolute Gasteiger partial charge is 0.165 e. The highest BCUT2D eigenvalue weighted by Gasteiger charge is 2.13. The van der Waals surface area contributed by atoms with Crippen molar-refractivity contribution in [3.63, 3.8) is 0 Å². The monoisotopic (exact) mass is 245 g/mol. The summed E-state index contributed by atoms with van der Waals surface area (Å²) in [4.78, 5) is 0. The van der Waals surface area contributed by atoms with Crippen molar-refractivity contribution in [2.24, 2.45) is 0 Å². The molecule has 0 saturated carbocycles. The standard InChI is InChI=1S/C15H19NO2/c1-2-3-4-9-16-12-13-7-5-8-14-15(13)18-11-6-10-17-14/h1,5,7-8,16H,3-4,6,9-12H2. The van der Waals surface area contributed by atoms with Crippen LogP contribution in [0.4, 0.5) is 0 Å². The van der Waals surface area contributed by atoms with Crippen LogP contribution in [0.1, 0.15) is 24.8 Å². The summed E-state index contributed by atoms with van der Waals surface area (Å²) in [7, 11) is 0. The summed E-state index contributed by atoms with van der Waals surface area (Å²) in [6.07, 6.45) is 7.97. The minimum Gasteiger partial charge on any atom is -0.490 e. The van der Waals surface area contributed by atoms with Gasteiger partial charge in [-0.25, -0.2) is 0 Å². The van der Waals surface area contributed by atoms with Crippen LogP contribution in [0.15, 0.2) is 18.2 Å². The summed E-state index contributed by atoms with van der Waals surface area (Å²) in [6, 6.07) is 6.04. The molecule has 0 saturated heterocycles. The van der Waals surface area contributed by atoms with E-state index in [4.69, 9.17) is 15.9 Å². The predicted molar refractivity (Wildman–Crippen MR) is 71.8 cm³/mol. The van der Waals surface area contributed by atoms with Crippen LogP contribution in [-0.2, 0) is 6.54 Å². The summed E-state index contributed by atoms with van der Waals surface area (Å²) < 4.78 is 11.4. The maximum Gasteiger partial charge on any atom is 0.165 e. The molecule has 0 spiro atoms. The van der Waals surface area contributed by atoms with Crippen LogP contribution < -0.4 is 14.8 Å². The molecule has 1 heterocycles. The van der Waals surface area contributed by atoms with Gasteiger partial charge >= 0.3 is 0 Å². The third kappa shape index (κ3) is 3.41. The van der Waals surface area contributed by atoms with Gasteiger partial charge in [0, 0.05) is 24.9 Å². The van der Waals surface area contributed by atoms with Gasteiger partial charge in [0.1, 0.15) is 0 Å². The molecule has 3 heteroatoms. The van der Waals surface area contributed by atoms with Gasteiger partial charge in [-0.2, -0.15) is 0 Å². The van der Waals surface area contributed by atoms with Gasteiger partial charge in [-0.05, 0) is 19.0 Å². The van der Waals surface area contributed by atoms with Gasteiger partial charge in [0.05, 0.1) is 13.2 Å². The van der Waals surface area contributed by atoms with Crippen molar-refractivity contribution >= 4 is 0 Å². The Kier molecular flexibility index (Phi) is 4.92. The topological polar surface area (TPSA) is 30.5 Å². The lowest BCUT2D eigenvalue weighted by Crippen LogP contribution is -2.15. The number of fused-ring (bicyclic) bond motifs is 1. The Hall–Kier alpha value is -1.66. The van der Waals surface area contributed by atoms with Gasteiger partial charge < -0.3 is 14.8 Å². The van der Waals surface area contributed by atoms with Crippen LogP contribution in [0.5, 0.6) is 11.5 Å². The van der Waals surface area contributed by atoms with Crippen LogP contribution in [0, 0.1) is 12.3 Å². The molecule has 0 bridgehead atoms. The van der Waals surface area contributed by atoms with Crippen LogP contribution in [0.25, 0.3) is 0 Å². The maximum atomic E-state index is 5.76. The predicted octanol–water partition coefficient (Wildman–Crippen LogP) is 2.35. The van der Waals surface area contributed by atoms with E-state index in [1.54, 1.807) is 0 Å². The first-order valence-electron chi connectivity index (χ1n) is 6.43. The molecule has 1 aromatic carbocycles. The molecule has 1 aliphatic rings. The van der Waals surface area contributed by atoms with E-state index in [2.05, 4.69) is 17.3 Å². The molecular weight excluding hydrogens is 226 g/mol. The molecule has 1 aliphatic heterocycles. The van der Waals surface area contributed by atoms with Crippen molar-refractivity contribution < 1.29 is 9.47 Å². The second-order valence-corrected chi connectivity index (χ2v) is 4.28. The normalized spacial score (nSPS) is 13.7. The van der Waals surface area contributed by atoms with Gasteiger partial charge in [-0.15, -0.1) is 12.3 Å². The van der Waals surface area contributed by atoms with E-state index in [0.29, 0.717) is 0 Å². The van der Waals surface area contributed by atoms with Crippen molar-refractivity contribution in [2.45, 2.75) is 25.8 Å². The lowest BCUT2D eigenvalue weighted by molar-refractivity contribution is 0.296. The molecule has 96 valence electrons. The van der Waals surface area contributed by atoms with E-state index in [0.717, 1.165) is 62.6 Å². The summed E-state index contributed by atoms with van der Waals surface area (Å²) in [5.74, 6) is 4.39. The Morgan fingerprint density at radius 2 is 2.17 bits per heavy atom. The van der Waals surface area contributed by atoms with E-state index in [1.807, 2.05) is 12.1 Å². The number of nitrogens with one attached hydrogen (secondary N) is 1. The minimum absolute atomic E-state index is 0.723. The fourth-order valence-corrected chi connectivity index (χ4v) is 1.93. The first-order chi connectivity index (χ1) is 8.92. The zero-order chi connectivity index (χ0) is 12.6. The van der Waals surface area contributed by atoms with Crippen molar-refractivity contribution in [3.05, 3.63) is 23.8 Å². The maximum absolute atomic E-state index is 5.76. The molecule has 0 radical (unpaired) electrons. The molecule has 1 N–H and O–H groups in total. The summed E-state index contributed by atoms with van der Waals surface area (Å²) in [6.45, 7) is 3.17. The lowest BCUT2D eigenvalue weighted by Gasteiger charge is -2.12. The summed E-state index contributed by atoms with van der Waals surface area (Å²) in [5, 5.41) is 3.38. The Labute approximate surface area is 108 Å². The average molecular weight is 245 g/mol. The third-order valence-corrected chi connectivity index (χ3v) is 2.84. The Balaban J connectivity index is 1.94. The zero-order valence-corrected chi connectivity index (χ0v) is 10.6. The Bertz CT molecular complexity index is 423. The van der Waals surface area contributed by atoms with Crippen molar-refractivity contribution in [1.82, 2.24) is 5.32 Å². The molecule has 0 unspecified atom stereocenters. The highest BCUT2D eigenvalue weighted by atomic mass is 16.5. The number of ether oxygens (including phenoxy) is 2. The average Bonchev–Trinajstić information content (AvgIpc) is 2.64. The van der Waals surface area contributed by atoms with Crippen LogP contribution in [0.2, 0.25) is 0 Å². The first-order valence-corrected chi connectivity index (χ1v) is 6.43. The fraction of sp³-hybridized carbons (Fsp3) is 0.467. The number of para-hydroxylation sites is 1. The molecular formula is C15H19NO2. The van der Waals surface area contributed by atoms with E-state index in [-0.39, 0.29) is 0 Å². The van der Waals surface area contributed by atoms with Crippen molar-refractivity contribution in [3.8, 4) is 23.8 Å². The van der Waals surface area contributed by atoms with Crippen LogP contribution >= 0.6 is 0 Å². The van der Waals surface area contributed by atoms with E-state index >= 15 is 0 Å². The molecule has 18 heavy (non-hydrogen) atoms. The number of benzene rings is 1. The zero-order valence-electron chi connectivity index (χ0n) is 10.6. The quantitative estimate of drug-likeness (QED) is 0.638. The van der Waals surface area contributed by atoms with Gasteiger partial charge in [0.2, 0.25) is 0 Å². The van der Waals surface area contributed by atoms with Crippen LogP contribution in [0.3, 0.4) is 0 Å². The number of hydrogen-bond acceptors (Lipinski definition) is 3. The van der Waals surface area contributed by atoms with Crippen molar-refractivity contribution in [2.75, 3.05) is 19.8 Å². The largest absolute Gasteiger partial charge is 0.490 e. The number of terminal acetylenes is 1. The highest BCUT2D eigenvalue weighted by Crippen LogP contribution is 2.32. The molecule has 0 atom stereocenters. The van der Waals surface area contributed by atoms with Crippen molar-refractivity contribution in [1.29, 1.82) is 0 Å². The van der Waals surface area contributed by atoms with Gasteiger partial charge in [-0.3, -0.25) is 0 Å². The number of rotatable bonds is 5. The first kappa shape index (κ1) is 12.8. The molecule has 0 aliphatic carbocycles. The summed E-state index contributed by atoms with van der Waals surface area (Å²) >= 11 is 0. The van der Waals surface area contributed by atoms with Gasteiger partial charge in [-0.1, -0.05) is 12.1 Å². The number of hydrogen-bond donors (Lipinski definition) is 1. The minimum atomic E-state index is 0.723. The Morgan fingerprint density at radius 3 is 3.06 bits per heavy atom.